The van der Waals surface area contributed by atoms with Gasteiger partial charge in [0, 0.05) is 0 Å². The maximum Gasteiger partial charge on any atom is -1.00 e. The largest absolute Gasteiger partial charge is 1.00 e. The number of halogens is 2. The number of rotatable bonds is 5. The summed E-state index contributed by atoms with van der Waals surface area (Å²) < 4.78 is 3.03. The summed E-state index contributed by atoms with van der Waals surface area (Å²) in [5.74, 6) is 1.84. The second kappa shape index (κ2) is 9.03. The second-order valence-corrected chi connectivity index (χ2v) is 16.8. The first kappa shape index (κ1) is 20.9. The Balaban J connectivity index is 0.00000104. The minimum atomic E-state index is -0.943. The van der Waals surface area contributed by atoms with Gasteiger partial charge in [-0.05, 0) is 0 Å². The van der Waals surface area contributed by atoms with Crippen molar-refractivity contribution >= 4 is 8.07 Å². The van der Waals surface area contributed by atoms with Gasteiger partial charge in [-0.2, -0.15) is 0 Å². The minimum Gasteiger partial charge on any atom is -1.00 e. The van der Waals surface area contributed by atoms with Gasteiger partial charge in [0.1, 0.15) is 0 Å². The summed E-state index contributed by atoms with van der Waals surface area (Å²) in [6.45, 7) is 2.44. The second-order valence-electron chi connectivity index (χ2n) is 7.81. The van der Waals surface area contributed by atoms with Crippen LogP contribution in [0.25, 0.3) is 0 Å². The van der Waals surface area contributed by atoms with Crippen LogP contribution in [0.4, 0.5) is 0 Å². The molecule has 4 atom stereocenters. The van der Waals surface area contributed by atoms with Crippen molar-refractivity contribution in [1.82, 2.24) is 0 Å². The molecule has 3 aliphatic carbocycles. The summed E-state index contributed by atoms with van der Waals surface area (Å²) in [5, 5.41) is 0. The molecule has 0 bridgehead atoms. The summed E-state index contributed by atoms with van der Waals surface area (Å²) in [7, 11) is -0.943. The maximum atomic E-state index is 2.62. The quantitative estimate of drug-likeness (QED) is 0.513. The van der Waals surface area contributed by atoms with Crippen LogP contribution in [-0.4, -0.2) is 8.07 Å². The molecule has 0 radical (unpaired) electrons. The van der Waals surface area contributed by atoms with Crippen molar-refractivity contribution in [3.05, 3.63) is 45.8 Å². The zero-order chi connectivity index (χ0) is 15.0. The molecule has 0 N–H and O–H groups in total. The molecule has 1 saturated heterocycles. The summed E-state index contributed by atoms with van der Waals surface area (Å²) in [5.41, 5.74) is 1.15. The zero-order valence-electron chi connectivity index (χ0n) is 14.6. The summed E-state index contributed by atoms with van der Waals surface area (Å²) in [4.78, 5) is 0. The van der Waals surface area contributed by atoms with Gasteiger partial charge in [0.05, 0.1) is 0 Å². The number of hydrogen-bond donors (Lipinski definition) is 0. The van der Waals surface area contributed by atoms with E-state index in [1.165, 1.54) is 19.3 Å². The molecule has 0 aromatic heterocycles. The Hall–Kier alpha value is 0.640. The molecule has 24 heavy (non-hydrogen) atoms. The van der Waals surface area contributed by atoms with E-state index in [0.717, 1.165) is 21.0 Å². The van der Waals surface area contributed by atoms with Crippen LogP contribution in [0, 0.1) is 11.8 Å². The third-order valence-electron chi connectivity index (χ3n) is 6.62. The molecule has 4 heteroatoms. The Morgan fingerprint density at radius 3 is 2.54 bits per heavy atom. The SMILES string of the molecule is CCC[Si]1(C2[CH]([Zr+2][C]3=CC=CC3)CC3C=CC=CC32)CCC1.[Cl-].[Cl-]. The van der Waals surface area contributed by atoms with E-state index in [4.69, 9.17) is 0 Å². The molecule has 1 heterocycles. The number of fused-ring (bicyclic) bond motifs is 1. The van der Waals surface area contributed by atoms with Gasteiger partial charge in [-0.15, -0.1) is 0 Å². The van der Waals surface area contributed by atoms with E-state index in [9.17, 15) is 0 Å². The van der Waals surface area contributed by atoms with E-state index in [-0.39, 0.29) is 48.0 Å². The van der Waals surface area contributed by atoms with Gasteiger partial charge in [0.25, 0.3) is 0 Å². The first-order valence-corrected chi connectivity index (χ1v) is 14.6. The molecule has 0 aromatic rings. The Labute approximate surface area is 172 Å². The molecular formula is C20H28Cl2SiZr. The van der Waals surface area contributed by atoms with Crippen LogP contribution in [0.5, 0.6) is 0 Å². The van der Waals surface area contributed by atoms with Gasteiger partial charge >= 0.3 is 149 Å². The third kappa shape index (κ3) is 3.83. The van der Waals surface area contributed by atoms with Crippen molar-refractivity contribution in [3.63, 3.8) is 0 Å². The third-order valence-corrected chi connectivity index (χ3v) is 18.0. The minimum absolute atomic E-state index is 0. The standard InChI is InChI=1S/C15H23Si.C5H5.2ClH.Zr/c1-2-10-16(11-5-12-16)15-9-8-13-6-3-4-7-14(13)15;1-2-4-5-3-1;;;/h3-4,6-7,9,13-15H,2,5,8,10-12H2,1H3;1-3H,4H2;2*1H;/q;;;;+2/p-2. The fourth-order valence-corrected chi connectivity index (χ4v) is 18.8. The zero-order valence-corrected chi connectivity index (χ0v) is 19.5. The van der Waals surface area contributed by atoms with Crippen LogP contribution < -0.4 is 24.8 Å². The Bertz CT molecular complexity index is 548. The normalized spacial score (nSPS) is 34.5. The van der Waals surface area contributed by atoms with Gasteiger partial charge < -0.3 is 24.8 Å². The molecule has 1 saturated carbocycles. The van der Waals surface area contributed by atoms with Crippen LogP contribution in [0.1, 0.15) is 32.6 Å². The molecule has 4 aliphatic rings. The van der Waals surface area contributed by atoms with E-state index in [0.29, 0.717) is 0 Å². The molecule has 0 aromatic carbocycles. The van der Waals surface area contributed by atoms with Gasteiger partial charge in [-0.25, -0.2) is 0 Å². The molecule has 2 fully saturated rings. The van der Waals surface area contributed by atoms with E-state index in [1.54, 1.807) is 24.6 Å². The number of hydrogen-bond acceptors (Lipinski definition) is 0. The Kier molecular flexibility index (Phi) is 7.88. The number of allylic oxidation sites excluding steroid dienone is 8. The van der Waals surface area contributed by atoms with Gasteiger partial charge in [-0.3, -0.25) is 0 Å². The van der Waals surface area contributed by atoms with Gasteiger partial charge in [0.2, 0.25) is 0 Å². The molecule has 4 rings (SSSR count). The van der Waals surface area contributed by atoms with Crippen molar-refractivity contribution in [2.24, 2.45) is 11.8 Å². The van der Waals surface area contributed by atoms with Crippen molar-refractivity contribution in [2.45, 2.75) is 59.9 Å². The molecule has 4 unspecified atom stereocenters. The summed E-state index contributed by atoms with van der Waals surface area (Å²) in [6, 6.07) is 4.96. The predicted octanol–water partition coefficient (Wildman–Crippen LogP) is 0.104. The topological polar surface area (TPSA) is 0 Å². The van der Waals surface area contributed by atoms with Crippen molar-refractivity contribution in [3.8, 4) is 0 Å². The molecule has 1 aliphatic heterocycles. The van der Waals surface area contributed by atoms with E-state index in [1.807, 2.05) is 3.28 Å². The van der Waals surface area contributed by atoms with Gasteiger partial charge in [-0.1, -0.05) is 0 Å². The molecule has 130 valence electrons. The van der Waals surface area contributed by atoms with Gasteiger partial charge in [0.15, 0.2) is 0 Å². The van der Waals surface area contributed by atoms with Crippen LogP contribution in [0.3, 0.4) is 0 Å². The smallest absolute Gasteiger partial charge is 1.00 e. The Morgan fingerprint density at radius 2 is 1.92 bits per heavy atom. The van der Waals surface area contributed by atoms with Crippen LogP contribution in [-0.2, 0) is 23.2 Å². The Morgan fingerprint density at radius 1 is 1.12 bits per heavy atom. The molecule has 0 spiro atoms. The first-order chi connectivity index (χ1) is 10.8. The van der Waals surface area contributed by atoms with Crippen molar-refractivity contribution < 1.29 is 48.0 Å². The van der Waals surface area contributed by atoms with Crippen LogP contribution in [0.2, 0.25) is 27.3 Å². The molecular weight excluding hydrogens is 430 g/mol. The van der Waals surface area contributed by atoms with Crippen molar-refractivity contribution in [1.29, 1.82) is 0 Å². The average molecular weight is 459 g/mol. The first-order valence-electron chi connectivity index (χ1n) is 9.30. The van der Waals surface area contributed by atoms with Crippen LogP contribution >= 0.6 is 0 Å². The van der Waals surface area contributed by atoms with E-state index in [2.05, 4.69) is 49.5 Å². The fraction of sp³-hybridized carbons (Fsp3) is 0.600. The van der Waals surface area contributed by atoms with E-state index < -0.39 is 8.07 Å². The predicted molar refractivity (Wildman–Crippen MR) is 94.3 cm³/mol. The monoisotopic (exact) mass is 456 g/mol. The average Bonchev–Trinajstić information content (AvgIpc) is 3.11. The van der Waals surface area contributed by atoms with E-state index >= 15 is 0 Å². The summed E-state index contributed by atoms with van der Waals surface area (Å²) >= 11 is -0.366. The van der Waals surface area contributed by atoms with Crippen molar-refractivity contribution in [2.75, 3.05) is 0 Å². The molecule has 0 nitrogen and oxygen atoms in total. The maximum absolute atomic E-state index is 2.62. The fourth-order valence-electron chi connectivity index (χ4n) is 5.66. The van der Waals surface area contributed by atoms with Crippen LogP contribution in [0.15, 0.2) is 45.8 Å². The molecule has 0 amide bonds. The summed E-state index contributed by atoms with van der Waals surface area (Å²) in [6.07, 6.45) is 22.9.